The summed E-state index contributed by atoms with van der Waals surface area (Å²) in [6.07, 6.45) is 11.3. The zero-order chi connectivity index (χ0) is 26.4. The van der Waals surface area contributed by atoms with Gasteiger partial charge < -0.3 is 4.74 Å². The third-order valence-electron chi connectivity index (χ3n) is 6.37. The maximum Gasteiger partial charge on any atom is 0.313 e. The summed E-state index contributed by atoms with van der Waals surface area (Å²) in [4.78, 5) is 23.5. The van der Waals surface area contributed by atoms with Crippen LogP contribution in [0.3, 0.4) is 0 Å². The third-order valence-corrected chi connectivity index (χ3v) is 6.37. The van der Waals surface area contributed by atoms with Crippen LogP contribution in [0.25, 0.3) is 0 Å². The maximum absolute atomic E-state index is 13.9. The summed E-state index contributed by atoms with van der Waals surface area (Å²) in [7, 11) is 0. The fourth-order valence-electron chi connectivity index (χ4n) is 4.11. The standard InChI is InChI=1S/C28H50F4O3/c1-3-5-7-9-11-15-21-27(29,30)23-17-13-19-25(33)35-26(34)20-14-18-24-28(31,32)22-16-12-10-8-6-4-2/h3-24H2,1-2H3. The van der Waals surface area contributed by atoms with Gasteiger partial charge >= 0.3 is 11.9 Å². The Hall–Kier alpha value is -1.14. The minimum atomic E-state index is -2.72. The Bertz CT molecular complexity index is 492. The summed E-state index contributed by atoms with van der Waals surface area (Å²) in [6, 6.07) is 0. The van der Waals surface area contributed by atoms with Crippen molar-refractivity contribution in [3.8, 4) is 0 Å². The van der Waals surface area contributed by atoms with Gasteiger partial charge in [-0.3, -0.25) is 9.59 Å². The summed E-state index contributed by atoms with van der Waals surface area (Å²) in [6.45, 7) is 4.23. The number of hydrogen-bond donors (Lipinski definition) is 0. The normalized spacial score (nSPS) is 12.2. The van der Waals surface area contributed by atoms with Gasteiger partial charge in [-0.05, 0) is 38.5 Å². The molecule has 0 saturated carbocycles. The molecule has 0 aromatic heterocycles. The topological polar surface area (TPSA) is 43.4 Å². The molecule has 0 spiro atoms. The van der Waals surface area contributed by atoms with Crippen LogP contribution in [0.15, 0.2) is 0 Å². The molecule has 0 fully saturated rings. The highest BCUT2D eigenvalue weighted by molar-refractivity contribution is 5.85. The minimum absolute atomic E-state index is 0.0881. The molecule has 208 valence electrons. The van der Waals surface area contributed by atoms with Crippen molar-refractivity contribution in [1.29, 1.82) is 0 Å². The number of rotatable bonds is 24. The fraction of sp³-hybridized carbons (Fsp3) is 0.929. The zero-order valence-electron chi connectivity index (χ0n) is 22.3. The largest absolute Gasteiger partial charge is 0.393 e. The van der Waals surface area contributed by atoms with Crippen LogP contribution < -0.4 is 0 Å². The molecular weight excluding hydrogens is 460 g/mol. The molecule has 0 rings (SSSR count). The van der Waals surface area contributed by atoms with E-state index < -0.39 is 23.8 Å². The molecule has 0 unspecified atom stereocenters. The highest BCUT2D eigenvalue weighted by Gasteiger charge is 2.28. The van der Waals surface area contributed by atoms with Gasteiger partial charge in [0.05, 0.1) is 0 Å². The Kier molecular flexibility index (Phi) is 20.3. The summed E-state index contributed by atoms with van der Waals surface area (Å²) < 4.78 is 60.3. The molecule has 0 N–H and O–H groups in total. The molecule has 0 amide bonds. The number of alkyl halides is 4. The molecule has 0 heterocycles. The number of carbonyl (C=O) groups excluding carboxylic acids is 2. The van der Waals surface area contributed by atoms with Crippen molar-refractivity contribution in [2.24, 2.45) is 0 Å². The molecular formula is C28H50F4O3. The lowest BCUT2D eigenvalue weighted by molar-refractivity contribution is -0.160. The van der Waals surface area contributed by atoms with Crippen LogP contribution in [0.5, 0.6) is 0 Å². The highest BCUT2D eigenvalue weighted by Crippen LogP contribution is 2.29. The predicted molar refractivity (Wildman–Crippen MR) is 134 cm³/mol. The van der Waals surface area contributed by atoms with E-state index >= 15 is 0 Å². The van der Waals surface area contributed by atoms with Gasteiger partial charge in [-0.25, -0.2) is 17.6 Å². The molecule has 3 nitrogen and oxygen atoms in total. The Morgan fingerprint density at radius 2 is 0.771 bits per heavy atom. The number of carbonyl (C=O) groups is 2. The maximum atomic E-state index is 13.9. The molecule has 0 radical (unpaired) electrons. The first-order valence-corrected chi connectivity index (χ1v) is 14.1. The smallest absolute Gasteiger partial charge is 0.313 e. The number of hydrogen-bond acceptors (Lipinski definition) is 3. The summed E-state index contributed by atoms with van der Waals surface area (Å²) in [5.41, 5.74) is 0. The minimum Gasteiger partial charge on any atom is -0.393 e. The second kappa shape index (κ2) is 21.0. The Morgan fingerprint density at radius 3 is 1.11 bits per heavy atom. The third kappa shape index (κ3) is 23.0. The van der Waals surface area contributed by atoms with E-state index in [9.17, 15) is 27.2 Å². The van der Waals surface area contributed by atoms with Crippen molar-refractivity contribution < 1.29 is 31.9 Å². The second-order valence-corrected chi connectivity index (χ2v) is 10.0. The molecule has 0 atom stereocenters. The van der Waals surface area contributed by atoms with Crippen LogP contribution in [-0.2, 0) is 14.3 Å². The van der Waals surface area contributed by atoms with Crippen molar-refractivity contribution in [3.63, 3.8) is 0 Å². The Balaban J connectivity index is 3.78. The van der Waals surface area contributed by atoms with E-state index in [0.717, 1.165) is 64.2 Å². The van der Waals surface area contributed by atoms with Crippen molar-refractivity contribution in [2.75, 3.05) is 0 Å². The SMILES string of the molecule is CCCCCCCCC(F)(F)CCCCC(=O)OC(=O)CCCCC(F)(F)CCCCCCCC. The molecule has 35 heavy (non-hydrogen) atoms. The van der Waals surface area contributed by atoms with Crippen molar-refractivity contribution >= 4 is 11.9 Å². The quantitative estimate of drug-likeness (QED) is 0.0561. The van der Waals surface area contributed by atoms with Crippen LogP contribution in [0.2, 0.25) is 0 Å². The van der Waals surface area contributed by atoms with Crippen molar-refractivity contribution in [2.45, 2.75) is 167 Å². The molecule has 7 heteroatoms. The van der Waals surface area contributed by atoms with E-state index in [2.05, 4.69) is 18.6 Å². The second-order valence-electron chi connectivity index (χ2n) is 10.0. The van der Waals surface area contributed by atoms with Crippen LogP contribution in [0.1, 0.15) is 155 Å². The van der Waals surface area contributed by atoms with Gasteiger partial charge in [0.15, 0.2) is 0 Å². The summed E-state index contributed by atoms with van der Waals surface area (Å²) >= 11 is 0. The van der Waals surface area contributed by atoms with Gasteiger partial charge in [0.1, 0.15) is 0 Å². The molecule has 0 saturated heterocycles. The summed E-state index contributed by atoms with van der Waals surface area (Å²) in [5, 5.41) is 0. The number of unbranched alkanes of at least 4 members (excludes halogenated alkanes) is 12. The average Bonchev–Trinajstić information content (AvgIpc) is 2.79. The van der Waals surface area contributed by atoms with E-state index in [4.69, 9.17) is 0 Å². The zero-order valence-corrected chi connectivity index (χ0v) is 22.3. The van der Waals surface area contributed by atoms with Crippen LogP contribution in [0, 0.1) is 0 Å². The van der Waals surface area contributed by atoms with Gasteiger partial charge in [-0.2, -0.15) is 0 Å². The van der Waals surface area contributed by atoms with E-state index in [-0.39, 0.29) is 64.2 Å². The fourth-order valence-corrected chi connectivity index (χ4v) is 4.11. The van der Waals surface area contributed by atoms with Crippen molar-refractivity contribution in [3.05, 3.63) is 0 Å². The number of ether oxygens (including phenoxy) is 1. The Morgan fingerprint density at radius 1 is 0.486 bits per heavy atom. The van der Waals surface area contributed by atoms with Gasteiger partial charge in [0, 0.05) is 38.5 Å². The van der Waals surface area contributed by atoms with E-state index in [1.54, 1.807) is 0 Å². The van der Waals surface area contributed by atoms with Crippen LogP contribution in [-0.4, -0.2) is 23.8 Å². The highest BCUT2D eigenvalue weighted by atomic mass is 19.3. The lowest BCUT2D eigenvalue weighted by Gasteiger charge is -2.16. The predicted octanol–water partition coefficient (Wildman–Crippen LogP) is 9.95. The Labute approximate surface area is 211 Å². The number of esters is 2. The van der Waals surface area contributed by atoms with Gasteiger partial charge in [0.2, 0.25) is 11.8 Å². The molecule has 0 aliphatic carbocycles. The van der Waals surface area contributed by atoms with Crippen molar-refractivity contribution in [1.82, 2.24) is 0 Å². The average molecular weight is 511 g/mol. The van der Waals surface area contributed by atoms with Crippen LogP contribution >= 0.6 is 0 Å². The molecule has 0 aliphatic rings. The van der Waals surface area contributed by atoms with Gasteiger partial charge in [-0.1, -0.05) is 78.1 Å². The first-order valence-electron chi connectivity index (χ1n) is 14.1. The molecule has 0 aromatic carbocycles. The molecule has 0 aromatic rings. The van der Waals surface area contributed by atoms with E-state index in [0.29, 0.717) is 12.8 Å². The van der Waals surface area contributed by atoms with E-state index in [1.807, 2.05) is 0 Å². The first kappa shape index (κ1) is 33.9. The number of halogens is 4. The monoisotopic (exact) mass is 510 g/mol. The van der Waals surface area contributed by atoms with Gasteiger partial charge in [-0.15, -0.1) is 0 Å². The lowest BCUT2D eigenvalue weighted by Crippen LogP contribution is -2.17. The molecule has 0 bridgehead atoms. The molecule has 0 aliphatic heterocycles. The van der Waals surface area contributed by atoms with Gasteiger partial charge in [0.25, 0.3) is 0 Å². The lowest BCUT2D eigenvalue weighted by atomic mass is 10.0. The first-order chi connectivity index (χ1) is 16.6. The summed E-state index contributed by atoms with van der Waals surface area (Å²) in [5.74, 6) is -6.91. The van der Waals surface area contributed by atoms with Crippen LogP contribution in [0.4, 0.5) is 17.6 Å². The van der Waals surface area contributed by atoms with E-state index in [1.165, 1.54) is 0 Å².